The summed E-state index contributed by atoms with van der Waals surface area (Å²) in [5, 5.41) is 6.41. The van der Waals surface area contributed by atoms with Gasteiger partial charge in [0.15, 0.2) is 5.96 Å². The highest BCUT2D eigenvalue weighted by atomic mass is 127. The SMILES string of the molecule is CN=C(NCC(C)Oc1ccccc1)N(C)Cc1csc(C(C)OC)n1.I. The van der Waals surface area contributed by atoms with Crippen LogP contribution in [0.2, 0.25) is 0 Å². The molecule has 2 unspecified atom stereocenters. The molecule has 1 aromatic heterocycles. The Morgan fingerprint density at radius 2 is 2.00 bits per heavy atom. The quantitative estimate of drug-likeness (QED) is 0.335. The summed E-state index contributed by atoms with van der Waals surface area (Å²) >= 11 is 1.62. The number of guanidine groups is 1. The lowest BCUT2D eigenvalue weighted by atomic mass is 10.3. The van der Waals surface area contributed by atoms with Crippen LogP contribution in [0.1, 0.15) is 30.7 Å². The van der Waals surface area contributed by atoms with E-state index in [1.807, 2.05) is 56.1 Å². The number of hydrogen-bond acceptors (Lipinski definition) is 5. The fourth-order valence-corrected chi connectivity index (χ4v) is 3.24. The largest absolute Gasteiger partial charge is 0.489 e. The van der Waals surface area contributed by atoms with Crippen molar-refractivity contribution < 1.29 is 9.47 Å². The van der Waals surface area contributed by atoms with Crippen LogP contribution in [-0.4, -0.2) is 49.7 Å². The van der Waals surface area contributed by atoms with Crippen LogP contribution in [0.15, 0.2) is 40.7 Å². The molecule has 0 spiro atoms. The van der Waals surface area contributed by atoms with Gasteiger partial charge in [-0.25, -0.2) is 4.98 Å². The molecule has 2 rings (SSSR count). The molecule has 2 aromatic rings. The van der Waals surface area contributed by atoms with Crippen LogP contribution >= 0.6 is 35.3 Å². The van der Waals surface area contributed by atoms with E-state index in [0.717, 1.165) is 22.4 Å². The molecule has 2 atom stereocenters. The molecule has 150 valence electrons. The number of halogens is 1. The molecule has 27 heavy (non-hydrogen) atoms. The number of hydrogen-bond donors (Lipinski definition) is 1. The van der Waals surface area contributed by atoms with Gasteiger partial charge in [0, 0.05) is 26.6 Å². The zero-order valence-corrected chi connectivity index (χ0v) is 19.7. The molecular weight excluding hydrogens is 475 g/mol. The molecule has 1 heterocycles. The predicted molar refractivity (Wildman–Crippen MR) is 122 cm³/mol. The first kappa shape index (κ1) is 23.6. The molecule has 0 aliphatic heterocycles. The smallest absolute Gasteiger partial charge is 0.193 e. The summed E-state index contributed by atoms with van der Waals surface area (Å²) in [6.07, 6.45) is 0.0449. The van der Waals surface area contributed by atoms with Crippen molar-refractivity contribution in [3.8, 4) is 5.75 Å². The summed E-state index contributed by atoms with van der Waals surface area (Å²) in [5.74, 6) is 1.68. The fourth-order valence-electron chi connectivity index (χ4n) is 2.39. The van der Waals surface area contributed by atoms with E-state index in [-0.39, 0.29) is 36.2 Å². The van der Waals surface area contributed by atoms with Crippen molar-refractivity contribution in [1.29, 1.82) is 0 Å². The monoisotopic (exact) mass is 504 g/mol. The number of benzene rings is 1. The third kappa shape index (κ3) is 7.63. The zero-order chi connectivity index (χ0) is 18.9. The summed E-state index contributed by atoms with van der Waals surface area (Å²) in [4.78, 5) is 11.0. The van der Waals surface area contributed by atoms with Gasteiger partial charge >= 0.3 is 0 Å². The second-order valence-electron chi connectivity index (χ2n) is 6.08. The number of aliphatic imine (C=N–C) groups is 1. The van der Waals surface area contributed by atoms with E-state index < -0.39 is 0 Å². The van der Waals surface area contributed by atoms with Gasteiger partial charge in [-0.15, -0.1) is 35.3 Å². The van der Waals surface area contributed by atoms with Gasteiger partial charge in [-0.05, 0) is 26.0 Å². The normalized spacial score (nSPS) is 13.4. The van der Waals surface area contributed by atoms with Gasteiger partial charge in [-0.2, -0.15) is 0 Å². The molecule has 0 saturated heterocycles. The molecule has 0 bridgehead atoms. The number of nitrogens with zero attached hydrogens (tertiary/aromatic N) is 3. The van der Waals surface area contributed by atoms with Gasteiger partial charge in [0.05, 0.1) is 18.8 Å². The van der Waals surface area contributed by atoms with Crippen LogP contribution in [0.4, 0.5) is 0 Å². The Kier molecular flexibility index (Phi) is 10.6. The van der Waals surface area contributed by atoms with Crippen molar-refractivity contribution in [2.24, 2.45) is 4.99 Å². The molecule has 0 radical (unpaired) electrons. The lowest BCUT2D eigenvalue weighted by Gasteiger charge is -2.23. The van der Waals surface area contributed by atoms with Gasteiger partial charge in [0.1, 0.15) is 23.0 Å². The van der Waals surface area contributed by atoms with Gasteiger partial charge < -0.3 is 19.7 Å². The number of aromatic nitrogens is 1. The molecule has 6 nitrogen and oxygen atoms in total. The van der Waals surface area contributed by atoms with Crippen LogP contribution in [0, 0.1) is 0 Å². The molecule has 0 saturated carbocycles. The van der Waals surface area contributed by atoms with Gasteiger partial charge in [0.25, 0.3) is 0 Å². The van der Waals surface area contributed by atoms with Crippen LogP contribution in [0.3, 0.4) is 0 Å². The van der Waals surface area contributed by atoms with Crippen LogP contribution < -0.4 is 10.1 Å². The molecule has 1 N–H and O–H groups in total. The summed E-state index contributed by atoms with van der Waals surface area (Å²) in [7, 11) is 5.47. The number of ether oxygens (including phenoxy) is 2. The van der Waals surface area contributed by atoms with E-state index in [9.17, 15) is 0 Å². The highest BCUT2D eigenvalue weighted by Gasteiger charge is 2.13. The predicted octanol–water partition coefficient (Wildman–Crippen LogP) is 3.94. The van der Waals surface area contributed by atoms with Crippen molar-refractivity contribution in [2.45, 2.75) is 32.6 Å². The Balaban J connectivity index is 0.00000364. The zero-order valence-electron chi connectivity index (χ0n) is 16.5. The van der Waals surface area contributed by atoms with Crippen molar-refractivity contribution in [3.63, 3.8) is 0 Å². The first-order valence-electron chi connectivity index (χ1n) is 8.64. The average molecular weight is 504 g/mol. The number of para-hydroxylation sites is 1. The lowest BCUT2D eigenvalue weighted by molar-refractivity contribution is 0.119. The van der Waals surface area contributed by atoms with Crippen molar-refractivity contribution >= 4 is 41.3 Å². The standard InChI is InChI=1S/C19H28N4O2S.HI/c1-14(25-17-9-7-6-8-10-17)11-21-19(20-3)23(4)12-16-13-26-18(22-16)15(2)24-5;/h6-10,13-15H,11-12H2,1-5H3,(H,20,21);1H. The van der Waals surface area contributed by atoms with Crippen LogP contribution in [-0.2, 0) is 11.3 Å². The summed E-state index contributed by atoms with van der Waals surface area (Å²) in [5.41, 5.74) is 1.01. The van der Waals surface area contributed by atoms with E-state index in [4.69, 9.17) is 9.47 Å². The number of nitrogens with one attached hydrogen (secondary N) is 1. The minimum absolute atomic E-state index is 0. The Morgan fingerprint density at radius 3 is 2.63 bits per heavy atom. The molecule has 1 aromatic carbocycles. The van der Waals surface area contributed by atoms with Crippen LogP contribution in [0.5, 0.6) is 5.75 Å². The molecule has 0 aliphatic rings. The summed E-state index contributed by atoms with van der Waals surface area (Å²) in [6, 6.07) is 9.82. The first-order chi connectivity index (χ1) is 12.5. The average Bonchev–Trinajstić information content (AvgIpc) is 3.10. The lowest BCUT2D eigenvalue weighted by Crippen LogP contribution is -2.42. The Labute approximate surface area is 183 Å². The van der Waals surface area contributed by atoms with Gasteiger partial charge in [-0.1, -0.05) is 18.2 Å². The van der Waals surface area contributed by atoms with Gasteiger partial charge in [0.2, 0.25) is 0 Å². The third-order valence-electron chi connectivity index (χ3n) is 3.87. The van der Waals surface area contributed by atoms with Crippen LogP contribution in [0.25, 0.3) is 0 Å². The minimum Gasteiger partial charge on any atom is -0.489 e. The second-order valence-corrected chi connectivity index (χ2v) is 6.97. The van der Waals surface area contributed by atoms with Gasteiger partial charge in [-0.3, -0.25) is 4.99 Å². The number of rotatable bonds is 8. The Bertz CT molecular complexity index is 696. The first-order valence-corrected chi connectivity index (χ1v) is 9.52. The fraction of sp³-hybridized carbons (Fsp3) is 0.474. The minimum atomic E-state index is 0. The van der Waals surface area contributed by atoms with E-state index in [0.29, 0.717) is 13.1 Å². The van der Waals surface area contributed by atoms with E-state index in [1.54, 1.807) is 25.5 Å². The highest BCUT2D eigenvalue weighted by molar-refractivity contribution is 14.0. The molecular formula is C19H29IN4O2S. The highest BCUT2D eigenvalue weighted by Crippen LogP contribution is 2.20. The van der Waals surface area contributed by atoms with E-state index in [1.165, 1.54) is 0 Å². The maximum absolute atomic E-state index is 5.89. The summed E-state index contributed by atoms with van der Waals surface area (Å²) in [6.45, 7) is 5.38. The topological polar surface area (TPSA) is 59.0 Å². The molecule has 8 heteroatoms. The second kappa shape index (κ2) is 12.1. The summed E-state index contributed by atoms with van der Waals surface area (Å²) < 4.78 is 11.2. The Hall–Kier alpha value is -1.39. The maximum Gasteiger partial charge on any atom is 0.193 e. The number of methoxy groups -OCH3 is 1. The maximum atomic E-state index is 5.89. The molecule has 0 aliphatic carbocycles. The van der Waals surface area contributed by atoms with Crippen molar-refractivity contribution in [1.82, 2.24) is 15.2 Å². The van der Waals surface area contributed by atoms with E-state index in [2.05, 4.69) is 20.7 Å². The van der Waals surface area contributed by atoms with E-state index >= 15 is 0 Å². The molecule has 0 amide bonds. The Morgan fingerprint density at radius 1 is 1.30 bits per heavy atom. The van der Waals surface area contributed by atoms with Crippen molar-refractivity contribution in [3.05, 3.63) is 46.4 Å². The number of thiazole rings is 1. The molecule has 0 fully saturated rings. The van der Waals surface area contributed by atoms with Crippen molar-refractivity contribution in [2.75, 3.05) is 27.7 Å². The third-order valence-corrected chi connectivity index (χ3v) is 4.93.